The smallest absolute Gasteiger partial charge is 0.286 e. The van der Waals surface area contributed by atoms with Gasteiger partial charge in [0.1, 0.15) is 0 Å². The molecular weight excluding hydrogens is 297 g/mol. The number of hydrogen-bond acceptors (Lipinski definition) is 3. The van der Waals surface area contributed by atoms with Gasteiger partial charge in [-0.05, 0) is 28.7 Å². The molecule has 1 rings (SSSR count). The van der Waals surface area contributed by atoms with Crippen LogP contribution in [-0.2, 0) is 0 Å². The van der Waals surface area contributed by atoms with Gasteiger partial charge < -0.3 is 5.11 Å². The van der Waals surface area contributed by atoms with Crippen molar-refractivity contribution in [3.63, 3.8) is 0 Å². The molecule has 4 nitrogen and oxygen atoms in total. The minimum Gasteiger partial charge on any atom is -0.396 e. The van der Waals surface area contributed by atoms with Gasteiger partial charge in [-0.25, -0.2) is 0 Å². The Labute approximate surface area is 95.2 Å². The molecule has 0 aromatic heterocycles. The van der Waals surface area contributed by atoms with Gasteiger partial charge in [0.15, 0.2) is 0 Å². The van der Waals surface area contributed by atoms with E-state index in [0.717, 1.165) is 0 Å². The predicted octanol–water partition coefficient (Wildman–Crippen LogP) is 2.30. The third kappa shape index (κ3) is 2.21. The van der Waals surface area contributed by atoms with Gasteiger partial charge in [-0.15, -0.1) is 0 Å². The Morgan fingerprint density at radius 2 is 2.29 bits per heavy atom. The van der Waals surface area contributed by atoms with Crippen LogP contribution in [0.3, 0.4) is 0 Å². The minimum absolute atomic E-state index is 0.0824. The summed E-state index contributed by atoms with van der Waals surface area (Å²) in [6.07, 6.45) is 0. The van der Waals surface area contributed by atoms with Crippen molar-refractivity contribution in [1.82, 2.24) is 0 Å². The highest BCUT2D eigenvalue weighted by atomic mass is 127. The second kappa shape index (κ2) is 4.70. The number of rotatable bonds is 3. The van der Waals surface area contributed by atoms with Gasteiger partial charge in [0.2, 0.25) is 0 Å². The molecule has 0 heterocycles. The molecular formula is C9H10INO3. The van der Waals surface area contributed by atoms with Crippen LogP contribution in [0.5, 0.6) is 0 Å². The van der Waals surface area contributed by atoms with Crippen molar-refractivity contribution in [3.8, 4) is 0 Å². The van der Waals surface area contributed by atoms with Crippen LogP contribution in [0.25, 0.3) is 0 Å². The van der Waals surface area contributed by atoms with Crippen molar-refractivity contribution in [2.24, 2.45) is 0 Å². The summed E-state index contributed by atoms with van der Waals surface area (Å²) in [5.74, 6) is -0.204. The molecule has 14 heavy (non-hydrogen) atoms. The first kappa shape index (κ1) is 11.4. The van der Waals surface area contributed by atoms with E-state index in [0.29, 0.717) is 9.13 Å². The van der Waals surface area contributed by atoms with Gasteiger partial charge in [-0.2, -0.15) is 0 Å². The molecule has 0 aliphatic rings. The molecule has 1 atom stereocenters. The van der Waals surface area contributed by atoms with Gasteiger partial charge in [0.05, 0.1) is 8.49 Å². The zero-order chi connectivity index (χ0) is 10.7. The summed E-state index contributed by atoms with van der Waals surface area (Å²) in [7, 11) is 0. The largest absolute Gasteiger partial charge is 0.396 e. The van der Waals surface area contributed by atoms with Crippen LogP contribution in [0.1, 0.15) is 18.4 Å². The Hall–Kier alpha value is -0.690. The van der Waals surface area contributed by atoms with Gasteiger partial charge in [0.25, 0.3) is 5.69 Å². The van der Waals surface area contributed by atoms with E-state index in [4.69, 9.17) is 5.11 Å². The van der Waals surface area contributed by atoms with Crippen LogP contribution in [-0.4, -0.2) is 16.6 Å². The van der Waals surface area contributed by atoms with Crippen molar-refractivity contribution in [2.75, 3.05) is 6.61 Å². The first-order chi connectivity index (χ1) is 6.57. The van der Waals surface area contributed by atoms with Crippen molar-refractivity contribution in [3.05, 3.63) is 37.4 Å². The maximum absolute atomic E-state index is 10.8. The van der Waals surface area contributed by atoms with E-state index >= 15 is 0 Å². The molecule has 0 amide bonds. The van der Waals surface area contributed by atoms with Crippen LogP contribution in [0.2, 0.25) is 0 Å². The molecule has 0 spiro atoms. The summed E-state index contributed by atoms with van der Waals surface area (Å²) < 4.78 is 0.602. The van der Waals surface area contributed by atoms with Crippen LogP contribution in [0.4, 0.5) is 5.69 Å². The summed E-state index contributed by atoms with van der Waals surface area (Å²) in [6, 6.07) is 5.13. The monoisotopic (exact) mass is 307 g/mol. The van der Waals surface area contributed by atoms with Gasteiger partial charge in [-0.1, -0.05) is 19.1 Å². The van der Waals surface area contributed by atoms with E-state index in [1.807, 2.05) is 22.6 Å². The quantitative estimate of drug-likeness (QED) is 0.529. The lowest BCUT2D eigenvalue weighted by molar-refractivity contribution is -0.386. The summed E-state index contributed by atoms with van der Waals surface area (Å²) in [4.78, 5) is 10.4. The van der Waals surface area contributed by atoms with E-state index < -0.39 is 4.92 Å². The second-order valence-electron chi connectivity index (χ2n) is 3.02. The molecule has 1 aromatic rings. The van der Waals surface area contributed by atoms with Gasteiger partial charge in [0, 0.05) is 18.1 Å². The highest BCUT2D eigenvalue weighted by Crippen LogP contribution is 2.30. The van der Waals surface area contributed by atoms with Crippen molar-refractivity contribution in [2.45, 2.75) is 12.8 Å². The normalized spacial score (nSPS) is 12.5. The average Bonchev–Trinajstić information content (AvgIpc) is 2.15. The number of benzene rings is 1. The summed E-state index contributed by atoms with van der Waals surface area (Å²) in [6.45, 7) is 1.68. The molecule has 0 fully saturated rings. The Bertz CT molecular complexity index is 354. The number of aliphatic hydroxyl groups excluding tert-OH is 1. The first-order valence-electron chi connectivity index (χ1n) is 4.11. The number of para-hydroxylation sites is 1. The maximum Gasteiger partial charge on any atom is 0.286 e. The molecule has 5 heteroatoms. The number of halogens is 1. The zero-order valence-corrected chi connectivity index (χ0v) is 9.76. The molecule has 0 aliphatic carbocycles. The minimum atomic E-state index is -0.400. The van der Waals surface area contributed by atoms with E-state index in [1.54, 1.807) is 25.1 Å². The fourth-order valence-corrected chi connectivity index (χ4v) is 1.94. The molecule has 0 radical (unpaired) electrons. The van der Waals surface area contributed by atoms with E-state index in [2.05, 4.69) is 0 Å². The molecule has 0 saturated heterocycles. The zero-order valence-electron chi connectivity index (χ0n) is 7.61. The van der Waals surface area contributed by atoms with E-state index in [1.165, 1.54) is 0 Å². The SMILES string of the molecule is CC(CO)c1cccc(I)c1[N+](=O)[O-]. The fourth-order valence-electron chi connectivity index (χ4n) is 1.22. The first-order valence-corrected chi connectivity index (χ1v) is 5.19. The van der Waals surface area contributed by atoms with Crippen LogP contribution < -0.4 is 0 Å². The highest BCUT2D eigenvalue weighted by molar-refractivity contribution is 14.1. The molecule has 1 N–H and O–H groups in total. The molecule has 0 aliphatic heterocycles. The molecule has 1 aromatic carbocycles. The summed E-state index contributed by atoms with van der Waals surface area (Å²) in [5, 5.41) is 19.7. The number of nitro benzene ring substituents is 1. The highest BCUT2D eigenvalue weighted by Gasteiger charge is 2.21. The average molecular weight is 307 g/mol. The Morgan fingerprint density at radius 1 is 1.64 bits per heavy atom. The van der Waals surface area contributed by atoms with Gasteiger partial charge >= 0.3 is 0 Å². The van der Waals surface area contributed by atoms with Crippen LogP contribution in [0, 0.1) is 13.7 Å². The lowest BCUT2D eigenvalue weighted by Crippen LogP contribution is -2.04. The Morgan fingerprint density at radius 3 is 2.79 bits per heavy atom. The predicted molar refractivity (Wildman–Crippen MR) is 61.3 cm³/mol. The topological polar surface area (TPSA) is 63.4 Å². The van der Waals surface area contributed by atoms with Crippen molar-refractivity contribution >= 4 is 28.3 Å². The lowest BCUT2D eigenvalue weighted by Gasteiger charge is -2.09. The molecule has 0 bridgehead atoms. The third-order valence-corrected chi connectivity index (χ3v) is 2.88. The van der Waals surface area contributed by atoms with Crippen LogP contribution >= 0.6 is 22.6 Å². The van der Waals surface area contributed by atoms with Crippen molar-refractivity contribution in [1.29, 1.82) is 0 Å². The lowest BCUT2D eigenvalue weighted by atomic mass is 10.0. The number of aliphatic hydroxyl groups is 1. The number of nitrogens with zero attached hydrogens (tertiary/aromatic N) is 1. The molecule has 1 unspecified atom stereocenters. The summed E-state index contributed by atoms with van der Waals surface area (Å²) in [5.41, 5.74) is 0.694. The second-order valence-corrected chi connectivity index (χ2v) is 4.18. The fraction of sp³-hybridized carbons (Fsp3) is 0.333. The van der Waals surface area contributed by atoms with E-state index in [9.17, 15) is 10.1 Å². The van der Waals surface area contributed by atoms with E-state index in [-0.39, 0.29) is 18.2 Å². The summed E-state index contributed by atoms with van der Waals surface area (Å²) >= 11 is 1.93. The maximum atomic E-state index is 10.8. The molecule has 0 saturated carbocycles. The van der Waals surface area contributed by atoms with Crippen molar-refractivity contribution < 1.29 is 10.0 Å². The number of hydrogen-bond donors (Lipinski definition) is 1. The molecule has 76 valence electrons. The third-order valence-electron chi connectivity index (χ3n) is 2.01. The van der Waals surface area contributed by atoms with Gasteiger partial charge in [-0.3, -0.25) is 10.1 Å². The number of nitro groups is 1. The Balaban J connectivity index is 3.28. The Kier molecular flexibility index (Phi) is 3.82. The van der Waals surface area contributed by atoms with Crippen LogP contribution in [0.15, 0.2) is 18.2 Å². The standard InChI is InChI=1S/C9H10INO3/c1-6(5-12)7-3-2-4-8(10)9(7)11(13)14/h2-4,6,12H,5H2,1H3.